The lowest BCUT2D eigenvalue weighted by Crippen LogP contribution is -2.21. The van der Waals surface area contributed by atoms with Crippen LogP contribution in [0, 0.1) is 0 Å². The Labute approximate surface area is 47.8 Å². The minimum absolute atomic E-state index is 0.567. The first kappa shape index (κ1) is 5.76. The second-order valence-electron chi connectivity index (χ2n) is 2.02. The average molecular weight is 116 g/mol. The fraction of sp³-hybridized carbons (Fsp3) is 0.667. The van der Waals surface area contributed by atoms with Gasteiger partial charge in [0.05, 0.1) is 6.10 Å². The highest BCUT2D eigenvalue weighted by Crippen LogP contribution is 2.13. The van der Waals surface area contributed by atoms with Crippen molar-refractivity contribution in [2.75, 3.05) is 0 Å². The summed E-state index contributed by atoms with van der Waals surface area (Å²) in [5.74, 6) is 0. The van der Waals surface area contributed by atoms with Crippen LogP contribution in [0.4, 0.5) is 4.39 Å². The zero-order valence-corrected chi connectivity index (χ0v) is 4.55. The van der Waals surface area contributed by atoms with Crippen LogP contribution in [-0.2, 0) is 0 Å². The van der Waals surface area contributed by atoms with Crippen LogP contribution in [0.5, 0.6) is 0 Å². The van der Waals surface area contributed by atoms with Crippen molar-refractivity contribution in [1.29, 1.82) is 0 Å². The van der Waals surface area contributed by atoms with E-state index in [1.54, 1.807) is 6.08 Å². The van der Waals surface area contributed by atoms with Crippen LogP contribution in [0.25, 0.3) is 0 Å². The molecule has 0 bridgehead atoms. The molecule has 1 rings (SSSR count). The normalized spacial score (nSPS) is 37.8. The van der Waals surface area contributed by atoms with Gasteiger partial charge in [0.25, 0.3) is 0 Å². The molecule has 2 heteroatoms. The number of aliphatic hydroxyl groups is 1. The van der Waals surface area contributed by atoms with Crippen LogP contribution in [0.3, 0.4) is 0 Å². The van der Waals surface area contributed by atoms with E-state index in [-0.39, 0.29) is 0 Å². The summed E-state index contributed by atoms with van der Waals surface area (Å²) in [7, 11) is 0. The third-order valence-corrected chi connectivity index (χ3v) is 1.32. The smallest absolute Gasteiger partial charge is 0.144 e. The van der Waals surface area contributed by atoms with E-state index in [1.807, 2.05) is 0 Å². The van der Waals surface area contributed by atoms with E-state index in [0.717, 1.165) is 6.42 Å². The van der Waals surface area contributed by atoms with Gasteiger partial charge < -0.3 is 5.11 Å². The predicted molar refractivity (Wildman–Crippen MR) is 29.3 cm³/mol. The highest BCUT2D eigenvalue weighted by molar-refractivity contribution is 4.97. The Morgan fingerprint density at radius 2 is 2.38 bits per heavy atom. The third-order valence-electron chi connectivity index (χ3n) is 1.32. The van der Waals surface area contributed by atoms with Crippen LogP contribution < -0.4 is 0 Å². The molecular weight excluding hydrogens is 107 g/mol. The molecule has 1 aliphatic rings. The first-order valence-electron chi connectivity index (χ1n) is 2.79. The molecule has 46 valence electrons. The highest BCUT2D eigenvalue weighted by atomic mass is 19.1. The molecule has 0 heterocycles. The average Bonchev–Trinajstić information content (AvgIpc) is 1.77. The Hall–Kier alpha value is -0.370. The number of hydrogen-bond acceptors (Lipinski definition) is 1. The molecule has 0 radical (unpaired) electrons. The number of halogens is 1. The second kappa shape index (κ2) is 2.27. The maximum absolute atomic E-state index is 12.2. The molecule has 1 N–H and O–H groups in total. The first-order valence-corrected chi connectivity index (χ1v) is 2.79. The van der Waals surface area contributed by atoms with Gasteiger partial charge in [-0.15, -0.1) is 0 Å². The number of alkyl halides is 1. The predicted octanol–water partition coefficient (Wildman–Crippen LogP) is 1.04. The van der Waals surface area contributed by atoms with Crippen molar-refractivity contribution in [3.8, 4) is 0 Å². The van der Waals surface area contributed by atoms with Crippen LogP contribution in [0.2, 0.25) is 0 Å². The lowest BCUT2D eigenvalue weighted by atomic mass is 10.0. The van der Waals surface area contributed by atoms with Gasteiger partial charge in [-0.3, -0.25) is 0 Å². The zero-order valence-electron chi connectivity index (χ0n) is 4.55. The monoisotopic (exact) mass is 116 g/mol. The lowest BCUT2D eigenvalue weighted by Gasteiger charge is -2.14. The maximum atomic E-state index is 12.2. The van der Waals surface area contributed by atoms with Crippen molar-refractivity contribution < 1.29 is 9.50 Å². The Bertz CT molecular complexity index is 101. The summed E-state index contributed by atoms with van der Waals surface area (Å²) in [4.78, 5) is 0. The van der Waals surface area contributed by atoms with Gasteiger partial charge in [0.1, 0.15) is 6.17 Å². The molecule has 0 aromatic carbocycles. The van der Waals surface area contributed by atoms with Gasteiger partial charge in [-0.25, -0.2) is 4.39 Å². The quantitative estimate of drug-likeness (QED) is 0.469. The molecule has 1 nitrogen and oxygen atoms in total. The molecule has 0 amide bonds. The van der Waals surface area contributed by atoms with Gasteiger partial charge in [0.2, 0.25) is 0 Å². The molecule has 0 aromatic rings. The Morgan fingerprint density at radius 3 is 2.75 bits per heavy atom. The van der Waals surface area contributed by atoms with Gasteiger partial charge in [0, 0.05) is 0 Å². The van der Waals surface area contributed by atoms with E-state index in [0.29, 0.717) is 6.42 Å². The third kappa shape index (κ3) is 1.07. The zero-order chi connectivity index (χ0) is 5.98. The highest BCUT2D eigenvalue weighted by Gasteiger charge is 2.16. The van der Waals surface area contributed by atoms with Crippen LogP contribution in [0.1, 0.15) is 12.8 Å². The van der Waals surface area contributed by atoms with E-state index < -0.39 is 12.3 Å². The van der Waals surface area contributed by atoms with Crippen LogP contribution in [-0.4, -0.2) is 17.4 Å². The summed E-state index contributed by atoms with van der Waals surface area (Å²) in [6.45, 7) is 0. The first-order chi connectivity index (χ1) is 3.80. The summed E-state index contributed by atoms with van der Waals surface area (Å²) >= 11 is 0. The Balaban J connectivity index is 2.47. The molecule has 0 saturated carbocycles. The molecule has 2 atom stereocenters. The largest absolute Gasteiger partial charge is 0.390 e. The van der Waals surface area contributed by atoms with E-state index in [1.165, 1.54) is 6.08 Å². The second-order valence-corrected chi connectivity index (χ2v) is 2.02. The van der Waals surface area contributed by atoms with Crippen molar-refractivity contribution in [2.24, 2.45) is 0 Å². The number of allylic oxidation sites excluding steroid dienone is 1. The maximum Gasteiger partial charge on any atom is 0.144 e. The Kier molecular flexibility index (Phi) is 1.63. The molecule has 0 fully saturated rings. The Morgan fingerprint density at radius 1 is 1.62 bits per heavy atom. The molecule has 2 unspecified atom stereocenters. The topological polar surface area (TPSA) is 20.2 Å². The molecular formula is C6H9FO. The molecule has 0 saturated heterocycles. The van der Waals surface area contributed by atoms with Gasteiger partial charge in [-0.1, -0.05) is 12.2 Å². The number of hydrogen-bond donors (Lipinski definition) is 1. The molecule has 0 aromatic heterocycles. The van der Waals surface area contributed by atoms with Crippen molar-refractivity contribution in [3.05, 3.63) is 12.2 Å². The van der Waals surface area contributed by atoms with Gasteiger partial charge in [-0.05, 0) is 12.8 Å². The summed E-state index contributed by atoms with van der Waals surface area (Å²) in [5, 5.41) is 8.75. The lowest BCUT2D eigenvalue weighted by molar-refractivity contribution is 0.0905. The minimum Gasteiger partial charge on any atom is -0.390 e. The summed E-state index contributed by atoms with van der Waals surface area (Å²) in [6, 6.07) is 0. The van der Waals surface area contributed by atoms with Crippen LogP contribution in [0.15, 0.2) is 12.2 Å². The standard InChI is InChI=1S/C6H9FO/c7-5-3-1-2-4-6(5)8/h1,3,5-6,8H,2,4H2. The molecule has 1 aliphatic carbocycles. The van der Waals surface area contributed by atoms with E-state index in [9.17, 15) is 4.39 Å². The van der Waals surface area contributed by atoms with E-state index >= 15 is 0 Å². The van der Waals surface area contributed by atoms with E-state index in [4.69, 9.17) is 5.11 Å². The van der Waals surface area contributed by atoms with Gasteiger partial charge in [-0.2, -0.15) is 0 Å². The molecule has 8 heavy (non-hydrogen) atoms. The van der Waals surface area contributed by atoms with Crippen molar-refractivity contribution in [3.63, 3.8) is 0 Å². The summed E-state index contributed by atoms with van der Waals surface area (Å²) < 4.78 is 12.2. The number of aliphatic hydroxyl groups excluding tert-OH is 1. The fourth-order valence-corrected chi connectivity index (χ4v) is 0.781. The van der Waals surface area contributed by atoms with Crippen molar-refractivity contribution in [1.82, 2.24) is 0 Å². The van der Waals surface area contributed by atoms with Crippen molar-refractivity contribution >= 4 is 0 Å². The summed E-state index contributed by atoms with van der Waals surface area (Å²) in [6.07, 6.45) is 2.67. The molecule has 0 spiro atoms. The SMILES string of the molecule is OC1CCC=CC1F. The van der Waals surface area contributed by atoms with Gasteiger partial charge >= 0.3 is 0 Å². The van der Waals surface area contributed by atoms with Gasteiger partial charge in [0.15, 0.2) is 0 Å². The van der Waals surface area contributed by atoms with Crippen molar-refractivity contribution in [2.45, 2.75) is 25.1 Å². The minimum atomic E-state index is -1.12. The number of rotatable bonds is 0. The van der Waals surface area contributed by atoms with Crippen LogP contribution >= 0.6 is 0 Å². The fourth-order valence-electron chi connectivity index (χ4n) is 0.781. The molecule has 0 aliphatic heterocycles. The summed E-state index contributed by atoms with van der Waals surface area (Å²) in [5.41, 5.74) is 0. The van der Waals surface area contributed by atoms with E-state index in [2.05, 4.69) is 0 Å².